The van der Waals surface area contributed by atoms with E-state index in [4.69, 9.17) is 17.7 Å². The second kappa shape index (κ2) is 12.9. The summed E-state index contributed by atoms with van der Waals surface area (Å²) in [5, 5.41) is 0.227. The van der Waals surface area contributed by atoms with Crippen LogP contribution in [0.2, 0.25) is 49.4 Å². The van der Waals surface area contributed by atoms with E-state index in [-0.39, 0.29) is 28.1 Å². The molecule has 2 aromatic rings. The minimum Gasteiger partial charge on any atom is -0.544 e. The molecule has 242 valence electrons. The summed E-state index contributed by atoms with van der Waals surface area (Å²) in [6.45, 7) is 34.6. The predicted octanol–water partition coefficient (Wildman–Crippen LogP) is 10.6. The molecule has 0 fully saturated rings. The normalized spacial score (nSPS) is 14.0. The first-order valence-electron chi connectivity index (χ1n) is 15.7. The molecule has 43 heavy (non-hydrogen) atoms. The van der Waals surface area contributed by atoms with Crippen molar-refractivity contribution in [2.75, 3.05) is 0 Å². The summed E-state index contributed by atoms with van der Waals surface area (Å²) in [5.41, 5.74) is 1.46. The Kier molecular flexibility index (Phi) is 11.2. The highest BCUT2D eigenvalue weighted by Crippen LogP contribution is 2.42. The van der Waals surface area contributed by atoms with Crippen LogP contribution in [0.3, 0.4) is 0 Å². The van der Waals surface area contributed by atoms with Gasteiger partial charge < -0.3 is 17.7 Å². The zero-order chi connectivity index (χ0) is 33.3. The van der Waals surface area contributed by atoms with E-state index in [1.54, 1.807) is 0 Å². The highest BCUT2D eigenvalue weighted by molar-refractivity contribution is 6.75. The summed E-state index contributed by atoms with van der Waals surface area (Å²) in [6, 6.07) is 16.9. The van der Waals surface area contributed by atoms with Gasteiger partial charge in [-0.1, -0.05) is 72.7 Å². The van der Waals surface area contributed by atoms with Gasteiger partial charge in [0.05, 0.1) is 5.60 Å². The number of rotatable bonds is 11. The smallest absolute Gasteiger partial charge is 0.395 e. The van der Waals surface area contributed by atoms with Crippen molar-refractivity contribution in [1.82, 2.24) is 0 Å². The minimum absolute atomic E-state index is 0.114. The highest BCUT2D eigenvalue weighted by atomic mass is 28.4. The molecular weight excluding hydrogens is 585 g/mol. The van der Waals surface area contributed by atoms with Crippen LogP contribution in [0, 0.1) is 0 Å². The second-order valence-corrected chi connectivity index (χ2v) is 29.4. The van der Waals surface area contributed by atoms with Gasteiger partial charge in [0.1, 0.15) is 11.5 Å². The van der Waals surface area contributed by atoms with Crippen LogP contribution in [0.25, 0.3) is 0 Å². The second-order valence-electron chi connectivity index (χ2n) is 16.7. The number of carbonyl (C=O) groups excluding carboxylic acids is 1. The molecule has 0 amide bonds. The third kappa shape index (κ3) is 10.3. The summed E-state index contributed by atoms with van der Waals surface area (Å²) < 4.78 is 25.2. The van der Waals surface area contributed by atoms with Crippen molar-refractivity contribution in [3.05, 3.63) is 59.7 Å². The van der Waals surface area contributed by atoms with Gasteiger partial charge in [0.2, 0.25) is 16.6 Å². The Labute approximate surface area is 266 Å². The van der Waals surface area contributed by atoms with Crippen LogP contribution in [0.15, 0.2) is 48.5 Å². The maximum Gasteiger partial charge on any atom is 0.395 e. The molecule has 0 radical (unpaired) electrons. The number of hydrogen-bond donors (Lipinski definition) is 0. The van der Waals surface area contributed by atoms with E-state index in [1.807, 2.05) is 33.9 Å². The minimum atomic E-state index is -2.62. The molecule has 0 saturated carbocycles. The van der Waals surface area contributed by atoms with E-state index < -0.39 is 30.6 Å². The summed E-state index contributed by atoms with van der Waals surface area (Å²) in [4.78, 5) is 13.2. The summed E-state index contributed by atoms with van der Waals surface area (Å²) >= 11 is 0. The van der Waals surface area contributed by atoms with Crippen LogP contribution < -0.4 is 8.85 Å². The summed E-state index contributed by atoms with van der Waals surface area (Å²) in [7, 11) is -6.55. The molecule has 2 rings (SSSR count). The maximum atomic E-state index is 13.2. The molecule has 0 atom stereocenters. The summed E-state index contributed by atoms with van der Waals surface area (Å²) in [6.07, 6.45) is 0.877. The largest absolute Gasteiger partial charge is 0.544 e. The first-order chi connectivity index (χ1) is 19.2. The van der Waals surface area contributed by atoms with Gasteiger partial charge in [-0.3, -0.25) is 4.79 Å². The van der Waals surface area contributed by atoms with Gasteiger partial charge in [0, 0.05) is 11.8 Å². The van der Waals surface area contributed by atoms with Gasteiger partial charge in [-0.15, -0.1) is 0 Å². The number of carbonyl (C=O) groups is 1. The van der Waals surface area contributed by atoms with Crippen molar-refractivity contribution in [3.8, 4) is 11.5 Å². The van der Waals surface area contributed by atoms with Crippen LogP contribution in [0.1, 0.15) is 93.2 Å². The van der Waals surface area contributed by atoms with E-state index in [0.717, 1.165) is 22.6 Å². The first-order valence-corrected chi connectivity index (χ1v) is 24.3. The molecule has 8 heteroatoms. The van der Waals surface area contributed by atoms with Crippen molar-refractivity contribution in [2.45, 2.75) is 142 Å². The van der Waals surface area contributed by atoms with E-state index in [0.29, 0.717) is 6.42 Å². The van der Waals surface area contributed by atoms with Gasteiger partial charge in [0.15, 0.2) is 0 Å². The molecule has 0 spiro atoms. The molecule has 0 N–H and O–H groups in total. The molecule has 0 aromatic heterocycles. The lowest BCUT2D eigenvalue weighted by molar-refractivity contribution is -0.137. The molecule has 0 heterocycles. The van der Waals surface area contributed by atoms with Gasteiger partial charge in [-0.25, -0.2) is 0 Å². The quantitative estimate of drug-likeness (QED) is 0.228. The lowest BCUT2D eigenvalue weighted by atomic mass is 9.73. The topological polar surface area (TPSA) is 54.0 Å². The number of benzene rings is 2. The van der Waals surface area contributed by atoms with Gasteiger partial charge in [-0.05, 0) is 112 Å². The van der Waals surface area contributed by atoms with Crippen LogP contribution in [0.4, 0.5) is 0 Å². The zero-order valence-corrected chi connectivity index (χ0v) is 33.1. The van der Waals surface area contributed by atoms with Crippen LogP contribution in [-0.4, -0.2) is 36.8 Å². The van der Waals surface area contributed by atoms with Gasteiger partial charge in [-0.2, -0.15) is 0 Å². The molecule has 0 aliphatic heterocycles. The van der Waals surface area contributed by atoms with E-state index >= 15 is 0 Å². The Morgan fingerprint density at radius 3 is 1.26 bits per heavy atom. The van der Waals surface area contributed by atoms with Crippen LogP contribution in [0.5, 0.6) is 11.5 Å². The van der Waals surface area contributed by atoms with Crippen LogP contribution in [-0.2, 0) is 19.1 Å². The molecule has 0 saturated heterocycles. The average Bonchev–Trinajstić information content (AvgIpc) is 2.79. The fourth-order valence-electron chi connectivity index (χ4n) is 4.57. The zero-order valence-electron chi connectivity index (χ0n) is 30.1. The van der Waals surface area contributed by atoms with Crippen molar-refractivity contribution in [1.29, 1.82) is 0 Å². The molecule has 5 nitrogen and oxygen atoms in total. The third-order valence-electron chi connectivity index (χ3n) is 9.08. The fourth-order valence-corrected chi connectivity index (χ4v) is 8.80. The molecule has 0 bridgehead atoms. The van der Waals surface area contributed by atoms with Crippen molar-refractivity contribution in [3.63, 3.8) is 0 Å². The highest BCUT2D eigenvalue weighted by Gasteiger charge is 2.41. The lowest BCUT2D eigenvalue weighted by Gasteiger charge is -2.37. The van der Waals surface area contributed by atoms with Crippen molar-refractivity contribution in [2.24, 2.45) is 0 Å². The molecule has 0 aliphatic carbocycles. The fraction of sp³-hybridized carbons (Fsp3) is 0.629. The Morgan fingerprint density at radius 1 is 0.605 bits per heavy atom. The number of hydrogen-bond acceptors (Lipinski definition) is 5. The Morgan fingerprint density at radius 2 is 0.953 bits per heavy atom. The van der Waals surface area contributed by atoms with E-state index in [1.165, 1.54) is 0 Å². The molecule has 0 aliphatic rings. The third-order valence-corrected chi connectivity index (χ3v) is 19.6. The molecule has 2 aromatic carbocycles. The molecule has 0 unspecified atom stereocenters. The summed E-state index contributed by atoms with van der Waals surface area (Å²) in [5.74, 6) is 1.56. The first kappa shape index (κ1) is 37.3. The standard InChI is InChI=1S/C35H60O5Si3/c1-32(2,3)40-43(15,16)39-31(36)25-26-35(10,27-17-21-29(22-18-27)37-41(11,12)33(4,5)6)28-19-23-30(24-20-28)38-42(13,14)34(7,8)9/h17-24H,25-26H2,1-16H3. The SMILES string of the molecule is CC(C)(C)O[Si](C)(C)OC(=O)CCC(C)(c1ccc(O[Si](C)(C)C(C)(C)C)cc1)c1ccc(O[Si](C)(C)C(C)(C)C)cc1. The maximum absolute atomic E-state index is 13.2. The predicted molar refractivity (Wildman–Crippen MR) is 189 cm³/mol. The lowest BCUT2D eigenvalue weighted by Crippen LogP contribution is -2.44. The van der Waals surface area contributed by atoms with E-state index in [2.05, 4.69) is 123 Å². The van der Waals surface area contributed by atoms with Crippen molar-refractivity contribution < 1.29 is 22.5 Å². The van der Waals surface area contributed by atoms with Gasteiger partial charge in [0.25, 0.3) is 5.97 Å². The monoisotopic (exact) mass is 644 g/mol. The van der Waals surface area contributed by atoms with Crippen LogP contribution >= 0.6 is 0 Å². The Bertz CT molecular complexity index is 1140. The Hall–Kier alpha value is -1.88. The molecular formula is C35H60O5Si3. The Balaban J connectivity index is 2.41. The average molecular weight is 645 g/mol. The van der Waals surface area contributed by atoms with Gasteiger partial charge >= 0.3 is 8.56 Å². The van der Waals surface area contributed by atoms with E-state index in [9.17, 15) is 4.79 Å². The van der Waals surface area contributed by atoms with Crippen molar-refractivity contribution >= 4 is 31.2 Å².